The second-order valence-electron chi connectivity index (χ2n) is 14.2. The molecule has 3 fully saturated rings. The molecule has 2 aromatic carbocycles. The number of nitrogens with zero attached hydrogens (tertiary/aromatic N) is 6. The molecule has 1 aromatic heterocycles. The number of anilines is 1. The summed E-state index contributed by atoms with van der Waals surface area (Å²) < 4.78 is 59.9. The Morgan fingerprint density at radius 3 is 2.26 bits per heavy atom. The molecule has 3 saturated heterocycles. The minimum atomic E-state index is -3.16. The molecule has 0 bridgehead atoms. The van der Waals surface area contributed by atoms with Crippen molar-refractivity contribution in [2.45, 2.75) is 70.2 Å². The number of amides is 3. The van der Waals surface area contributed by atoms with Gasteiger partial charge in [-0.05, 0) is 63.4 Å². The van der Waals surface area contributed by atoms with Gasteiger partial charge >= 0.3 is 11.8 Å². The van der Waals surface area contributed by atoms with E-state index in [2.05, 4.69) is 0 Å². The Bertz CT molecular complexity index is 1840. The van der Waals surface area contributed by atoms with Crippen molar-refractivity contribution in [3.63, 3.8) is 0 Å². The monoisotopic (exact) mass is 700 g/mol. The zero-order valence-electron chi connectivity index (χ0n) is 29.0. The average molecular weight is 701 g/mol. The Labute approximate surface area is 287 Å². The van der Waals surface area contributed by atoms with Crippen LogP contribution in [-0.2, 0) is 27.9 Å². The first-order chi connectivity index (χ1) is 23.6. The maximum absolute atomic E-state index is 16.3. The van der Waals surface area contributed by atoms with Crippen molar-refractivity contribution in [1.82, 2.24) is 23.8 Å². The fourth-order valence-electron chi connectivity index (χ4n) is 7.24. The van der Waals surface area contributed by atoms with Crippen LogP contribution in [0.4, 0.5) is 23.7 Å². The van der Waals surface area contributed by atoms with Gasteiger partial charge in [0.05, 0.1) is 37.4 Å². The van der Waals surface area contributed by atoms with Gasteiger partial charge in [0.25, 0.3) is 11.8 Å². The highest BCUT2D eigenvalue weighted by molar-refractivity contribution is 6.00. The quantitative estimate of drug-likeness (QED) is 0.353. The normalized spacial score (nSPS) is 22.0. The maximum atomic E-state index is 16.3. The second kappa shape index (κ2) is 13.3. The molecule has 15 heteroatoms. The largest absolute Gasteiger partial charge is 0.497 e. The number of imide groups is 1. The summed E-state index contributed by atoms with van der Waals surface area (Å²) in [5, 5.41) is 0. The van der Waals surface area contributed by atoms with Crippen LogP contribution < -0.4 is 15.3 Å². The fraction of sp³-hybridized carbons (Fsp3) is 0.543. The second-order valence-corrected chi connectivity index (χ2v) is 14.2. The van der Waals surface area contributed by atoms with Crippen LogP contribution in [0.3, 0.4) is 0 Å². The summed E-state index contributed by atoms with van der Waals surface area (Å²) >= 11 is 0. The van der Waals surface area contributed by atoms with Crippen molar-refractivity contribution in [3.8, 4) is 5.75 Å². The van der Waals surface area contributed by atoms with E-state index in [0.29, 0.717) is 11.3 Å². The van der Waals surface area contributed by atoms with Crippen LogP contribution in [0.25, 0.3) is 11.0 Å². The number of ether oxygens (including phenoxy) is 2. The van der Waals surface area contributed by atoms with Gasteiger partial charge < -0.3 is 19.3 Å². The first kappa shape index (κ1) is 35.3. The molecule has 0 N–H and O–H groups in total. The molecule has 0 saturated carbocycles. The molecule has 3 amide bonds. The van der Waals surface area contributed by atoms with Gasteiger partial charge in [0.2, 0.25) is 5.91 Å². The van der Waals surface area contributed by atoms with E-state index in [1.807, 2.05) is 0 Å². The molecule has 0 aliphatic carbocycles. The van der Waals surface area contributed by atoms with Crippen LogP contribution in [0.2, 0.25) is 0 Å². The number of benzene rings is 2. The molecule has 1 unspecified atom stereocenters. The predicted octanol–water partition coefficient (Wildman–Crippen LogP) is 4.14. The van der Waals surface area contributed by atoms with Gasteiger partial charge in [0, 0.05) is 46.2 Å². The van der Waals surface area contributed by atoms with E-state index in [9.17, 15) is 19.2 Å². The molecular weight excluding hydrogens is 657 g/mol. The zero-order valence-corrected chi connectivity index (χ0v) is 29.0. The number of methoxy groups -OCH3 is 1. The first-order valence-electron chi connectivity index (χ1n) is 16.8. The lowest BCUT2D eigenvalue weighted by atomic mass is 9.98. The number of carbonyl (C=O) groups is 3. The van der Waals surface area contributed by atoms with Gasteiger partial charge in [-0.25, -0.2) is 22.8 Å². The molecular formula is C35H43F3N6O6. The van der Waals surface area contributed by atoms with Gasteiger partial charge in [-0.1, -0.05) is 12.1 Å². The summed E-state index contributed by atoms with van der Waals surface area (Å²) in [6.45, 7) is 5.52. The lowest BCUT2D eigenvalue weighted by Gasteiger charge is -2.46. The number of alkyl halides is 2. The molecule has 0 spiro atoms. The van der Waals surface area contributed by atoms with Gasteiger partial charge in [-0.3, -0.25) is 28.5 Å². The van der Waals surface area contributed by atoms with E-state index in [-0.39, 0.29) is 81.2 Å². The number of piperazine rings is 1. The molecule has 3 aliphatic rings. The van der Waals surface area contributed by atoms with Crippen LogP contribution in [0.1, 0.15) is 51.6 Å². The molecule has 50 heavy (non-hydrogen) atoms. The molecule has 6 rings (SSSR count). The molecule has 2 atom stereocenters. The third-order valence-corrected chi connectivity index (χ3v) is 9.77. The Morgan fingerprint density at radius 2 is 1.64 bits per heavy atom. The number of rotatable bonds is 6. The highest BCUT2D eigenvalue weighted by Crippen LogP contribution is 2.35. The third-order valence-electron chi connectivity index (χ3n) is 9.77. The number of carbonyl (C=O) groups excluding carboxylic acids is 3. The van der Waals surface area contributed by atoms with Crippen LogP contribution in [0.15, 0.2) is 41.2 Å². The summed E-state index contributed by atoms with van der Waals surface area (Å²) in [6.07, 6.45) is -0.547. The van der Waals surface area contributed by atoms with Crippen LogP contribution in [0, 0.1) is 5.82 Å². The number of hydrogen-bond donors (Lipinski definition) is 0. The smallest absolute Gasteiger partial charge is 0.410 e. The molecule has 3 aliphatic heterocycles. The van der Waals surface area contributed by atoms with E-state index >= 15 is 13.2 Å². The minimum absolute atomic E-state index is 0.0161. The van der Waals surface area contributed by atoms with E-state index in [1.165, 1.54) is 23.3 Å². The lowest BCUT2D eigenvalue weighted by molar-refractivity contribution is -0.151. The van der Waals surface area contributed by atoms with Crippen LogP contribution in [-0.4, -0.2) is 106 Å². The van der Waals surface area contributed by atoms with Crippen molar-refractivity contribution >= 4 is 34.6 Å². The van der Waals surface area contributed by atoms with E-state index in [1.54, 1.807) is 67.0 Å². The van der Waals surface area contributed by atoms with E-state index in [0.717, 1.165) is 9.80 Å². The summed E-state index contributed by atoms with van der Waals surface area (Å²) in [4.78, 5) is 58.2. The van der Waals surface area contributed by atoms with Gasteiger partial charge in [-0.2, -0.15) is 0 Å². The maximum Gasteiger partial charge on any atom is 0.410 e. The van der Waals surface area contributed by atoms with E-state index in [4.69, 9.17) is 9.47 Å². The number of fused-ring (bicyclic) bond motifs is 1. The first-order valence-corrected chi connectivity index (χ1v) is 16.8. The molecule has 3 aromatic rings. The van der Waals surface area contributed by atoms with Crippen LogP contribution >= 0.6 is 0 Å². The topological polar surface area (TPSA) is 110 Å². The summed E-state index contributed by atoms with van der Waals surface area (Å²) in [6, 6.07) is 8.04. The number of halogens is 3. The van der Waals surface area contributed by atoms with Crippen molar-refractivity contribution in [1.29, 1.82) is 0 Å². The SMILES string of the molecule is COc1ccc(CN2C(=O)CCC(n3c(=O)n(C)c4c(F)c(N5CCN([C@@H]6CCN(C(=O)OC(C)(C)C)CC6(F)F)CC5)ccc43)C2=O)cc1. The predicted molar refractivity (Wildman–Crippen MR) is 179 cm³/mol. The van der Waals surface area contributed by atoms with Crippen molar-refractivity contribution < 1.29 is 37.0 Å². The Hall–Kier alpha value is -4.53. The summed E-state index contributed by atoms with van der Waals surface area (Å²) in [5.74, 6) is -4.07. The summed E-state index contributed by atoms with van der Waals surface area (Å²) in [7, 11) is 2.97. The number of likely N-dealkylation sites (tertiary alicyclic amines) is 2. The molecule has 4 heterocycles. The number of aromatic nitrogens is 2. The van der Waals surface area contributed by atoms with Crippen LogP contribution in [0.5, 0.6) is 5.75 Å². The number of imidazole rings is 1. The number of hydrogen-bond acceptors (Lipinski definition) is 8. The molecule has 0 radical (unpaired) electrons. The Balaban J connectivity index is 1.17. The highest BCUT2D eigenvalue weighted by Gasteiger charge is 2.49. The van der Waals surface area contributed by atoms with Gasteiger partial charge in [0.15, 0.2) is 5.82 Å². The van der Waals surface area contributed by atoms with E-state index < -0.39 is 53.7 Å². The highest BCUT2D eigenvalue weighted by atomic mass is 19.3. The average Bonchev–Trinajstić information content (AvgIpc) is 3.32. The van der Waals surface area contributed by atoms with Crippen molar-refractivity contribution in [2.24, 2.45) is 7.05 Å². The molecule has 12 nitrogen and oxygen atoms in total. The van der Waals surface area contributed by atoms with Gasteiger partial charge in [0.1, 0.15) is 22.9 Å². The zero-order chi connectivity index (χ0) is 36.1. The van der Waals surface area contributed by atoms with Crippen molar-refractivity contribution in [3.05, 3.63) is 58.3 Å². The minimum Gasteiger partial charge on any atom is -0.497 e. The molecule has 270 valence electrons. The number of piperidine rings is 2. The third kappa shape index (κ3) is 6.66. The lowest BCUT2D eigenvalue weighted by Crippen LogP contribution is -2.62. The Kier molecular flexibility index (Phi) is 9.39. The fourth-order valence-corrected chi connectivity index (χ4v) is 7.24. The Morgan fingerprint density at radius 1 is 0.960 bits per heavy atom. The number of aryl methyl sites for hydroxylation is 1. The van der Waals surface area contributed by atoms with Crippen molar-refractivity contribution in [2.75, 3.05) is 51.3 Å². The standard InChI is InChI=1S/C35H43F3N6O6/c1-34(2,3)50-33(48)42-15-14-27(35(37,38)21-42)41-18-16-40(17-19-41)24-10-11-25-30(29(24)36)39(4)32(47)44(25)26-12-13-28(45)43(31(26)46)20-22-6-8-23(49-5)9-7-22/h6-11,26-27H,12-21H2,1-5H3/t26?,27-/m1/s1. The summed E-state index contributed by atoms with van der Waals surface area (Å²) in [5.41, 5.74) is -0.196. The van der Waals surface area contributed by atoms with Gasteiger partial charge in [-0.15, -0.1) is 0 Å².